The van der Waals surface area contributed by atoms with E-state index in [-0.39, 0.29) is 0 Å². The van der Waals surface area contributed by atoms with E-state index in [4.69, 9.17) is 5.11 Å². The van der Waals surface area contributed by atoms with Gasteiger partial charge in [-0.1, -0.05) is 6.92 Å². The number of carbonyl (C=O) groups is 1. The van der Waals surface area contributed by atoms with E-state index in [1.807, 2.05) is 4.72 Å². The molecule has 0 aliphatic carbocycles. The molecule has 2 atom stereocenters. The van der Waals surface area contributed by atoms with Gasteiger partial charge in [-0.3, -0.25) is 4.79 Å². The van der Waals surface area contributed by atoms with Gasteiger partial charge in [0.25, 0.3) is 10.2 Å². The predicted octanol–water partition coefficient (Wildman–Crippen LogP) is -0.851. The lowest BCUT2D eigenvalue weighted by molar-refractivity contribution is -0.141. The molecule has 0 amide bonds. The molecule has 6 nitrogen and oxygen atoms in total. The lowest BCUT2D eigenvalue weighted by Crippen LogP contribution is -2.44. The Kier molecular flexibility index (Phi) is 4.31. The number of carboxylic acid groups (broad SMARTS) is 1. The molecule has 0 aliphatic rings. The summed E-state index contributed by atoms with van der Waals surface area (Å²) in [5.74, 6) is -1.80. The maximum atomic E-state index is 10.9. The molecule has 0 aromatic carbocycles. The van der Waals surface area contributed by atoms with E-state index in [1.54, 1.807) is 0 Å². The van der Waals surface area contributed by atoms with Crippen LogP contribution in [0, 0.1) is 5.92 Å². The molecule has 0 saturated carbocycles. The van der Waals surface area contributed by atoms with Crippen molar-refractivity contribution in [2.24, 2.45) is 5.92 Å². The van der Waals surface area contributed by atoms with E-state index >= 15 is 0 Å². The number of aliphatic carboxylic acids is 1. The number of hydrogen-bond acceptors (Lipinski definition) is 3. The molecule has 7 heteroatoms. The van der Waals surface area contributed by atoms with E-state index in [0.717, 1.165) is 0 Å². The van der Waals surface area contributed by atoms with Crippen LogP contribution in [0.3, 0.4) is 0 Å². The van der Waals surface area contributed by atoms with Crippen LogP contribution in [0.1, 0.15) is 13.8 Å². The van der Waals surface area contributed by atoms with Crippen LogP contribution in [-0.2, 0) is 15.0 Å². The molecule has 0 fully saturated rings. The third kappa shape index (κ3) is 4.20. The molecular weight excluding hydrogens is 196 g/mol. The highest BCUT2D eigenvalue weighted by atomic mass is 32.2. The molecule has 0 bridgehead atoms. The lowest BCUT2D eigenvalue weighted by atomic mass is 10.1. The van der Waals surface area contributed by atoms with Gasteiger partial charge >= 0.3 is 5.97 Å². The molecule has 0 aromatic heterocycles. The fourth-order valence-electron chi connectivity index (χ4n) is 0.620. The summed E-state index contributed by atoms with van der Waals surface area (Å²) in [6.07, 6.45) is 0. The highest BCUT2D eigenvalue weighted by Crippen LogP contribution is 2.02. The fraction of sp³-hybridized carbons (Fsp3) is 0.833. The molecule has 78 valence electrons. The van der Waals surface area contributed by atoms with Crippen LogP contribution in [-0.4, -0.2) is 32.6 Å². The smallest absolute Gasteiger partial charge is 0.307 e. The molecule has 0 heterocycles. The van der Waals surface area contributed by atoms with E-state index in [9.17, 15) is 13.2 Å². The molecule has 13 heavy (non-hydrogen) atoms. The average molecular weight is 210 g/mol. The Hall–Kier alpha value is -0.660. The summed E-state index contributed by atoms with van der Waals surface area (Å²) in [5.41, 5.74) is 0. The topological polar surface area (TPSA) is 95.5 Å². The van der Waals surface area contributed by atoms with E-state index in [1.165, 1.54) is 20.9 Å². The molecule has 0 aliphatic heterocycles. The van der Waals surface area contributed by atoms with Gasteiger partial charge in [-0.15, -0.1) is 0 Å². The quantitative estimate of drug-likeness (QED) is 0.550. The summed E-state index contributed by atoms with van der Waals surface area (Å²) in [7, 11) is -2.31. The van der Waals surface area contributed by atoms with Gasteiger partial charge in [0.2, 0.25) is 0 Å². The first-order chi connectivity index (χ1) is 5.80. The minimum absolute atomic E-state index is 0.644. The summed E-state index contributed by atoms with van der Waals surface area (Å²) in [6, 6.07) is -0.644. The van der Waals surface area contributed by atoms with Crippen LogP contribution in [0.2, 0.25) is 0 Å². The highest BCUT2D eigenvalue weighted by molar-refractivity contribution is 7.87. The summed E-state index contributed by atoms with van der Waals surface area (Å²) in [4.78, 5) is 10.5. The van der Waals surface area contributed by atoms with Crippen LogP contribution in [0.25, 0.3) is 0 Å². The van der Waals surface area contributed by atoms with Crippen molar-refractivity contribution in [2.75, 3.05) is 7.05 Å². The largest absolute Gasteiger partial charge is 0.481 e. The summed E-state index contributed by atoms with van der Waals surface area (Å²) >= 11 is 0. The van der Waals surface area contributed by atoms with Crippen LogP contribution in [0.15, 0.2) is 0 Å². The third-order valence-corrected chi connectivity index (χ3v) is 2.97. The molecule has 0 rings (SSSR count). The van der Waals surface area contributed by atoms with Crippen LogP contribution in [0.5, 0.6) is 0 Å². The molecule has 0 aromatic rings. The zero-order valence-corrected chi connectivity index (χ0v) is 8.55. The molecule has 0 radical (unpaired) electrons. The third-order valence-electron chi connectivity index (χ3n) is 1.75. The Labute approximate surface area is 77.5 Å². The van der Waals surface area contributed by atoms with E-state index < -0.39 is 28.1 Å². The normalized spacial score (nSPS) is 16.5. The Morgan fingerprint density at radius 3 is 2.15 bits per heavy atom. The molecule has 0 saturated heterocycles. The van der Waals surface area contributed by atoms with Gasteiger partial charge in [0, 0.05) is 13.1 Å². The van der Waals surface area contributed by atoms with E-state index in [0.29, 0.717) is 0 Å². The number of carboxylic acids is 1. The Morgan fingerprint density at radius 2 is 1.85 bits per heavy atom. The van der Waals surface area contributed by atoms with Gasteiger partial charge < -0.3 is 5.11 Å². The van der Waals surface area contributed by atoms with Gasteiger partial charge in [0.05, 0.1) is 5.92 Å². The van der Waals surface area contributed by atoms with Crippen molar-refractivity contribution in [1.82, 2.24) is 9.44 Å². The Bertz CT molecular complexity index is 274. The lowest BCUT2D eigenvalue weighted by Gasteiger charge is -2.16. The number of hydrogen-bond donors (Lipinski definition) is 3. The van der Waals surface area contributed by atoms with Crippen LogP contribution in [0.4, 0.5) is 0 Å². The minimum Gasteiger partial charge on any atom is -0.481 e. The van der Waals surface area contributed by atoms with Crippen molar-refractivity contribution in [3.63, 3.8) is 0 Å². The first-order valence-corrected chi connectivity index (χ1v) is 5.22. The summed E-state index contributed by atoms with van der Waals surface area (Å²) in [6.45, 7) is 2.93. The van der Waals surface area contributed by atoms with Crippen molar-refractivity contribution in [1.29, 1.82) is 0 Å². The summed E-state index contributed by atoms with van der Waals surface area (Å²) in [5, 5.41) is 8.57. The monoisotopic (exact) mass is 210 g/mol. The van der Waals surface area contributed by atoms with Crippen molar-refractivity contribution < 1.29 is 18.3 Å². The molecular formula is C6H14N2O4S. The summed E-state index contributed by atoms with van der Waals surface area (Å²) < 4.78 is 26.0. The zero-order valence-electron chi connectivity index (χ0n) is 7.73. The van der Waals surface area contributed by atoms with E-state index in [2.05, 4.69) is 4.72 Å². The van der Waals surface area contributed by atoms with Gasteiger partial charge in [0.15, 0.2) is 0 Å². The average Bonchev–Trinajstić information content (AvgIpc) is 2.02. The van der Waals surface area contributed by atoms with Gasteiger partial charge in [0.1, 0.15) is 0 Å². The predicted molar refractivity (Wildman–Crippen MR) is 47.4 cm³/mol. The minimum atomic E-state index is -3.56. The SMILES string of the molecule is CNS(=O)(=O)NC(C)C(C)C(=O)O. The van der Waals surface area contributed by atoms with Crippen LogP contribution < -0.4 is 9.44 Å². The van der Waals surface area contributed by atoms with Crippen LogP contribution >= 0.6 is 0 Å². The highest BCUT2D eigenvalue weighted by Gasteiger charge is 2.22. The number of nitrogens with one attached hydrogen (secondary N) is 2. The van der Waals surface area contributed by atoms with Gasteiger partial charge in [-0.05, 0) is 6.92 Å². The fourth-order valence-corrected chi connectivity index (χ4v) is 1.43. The van der Waals surface area contributed by atoms with Crippen molar-refractivity contribution in [3.05, 3.63) is 0 Å². The number of rotatable bonds is 5. The second-order valence-electron chi connectivity index (χ2n) is 2.74. The Balaban J connectivity index is 4.31. The first kappa shape index (κ1) is 12.3. The molecule has 3 N–H and O–H groups in total. The first-order valence-electron chi connectivity index (χ1n) is 3.73. The zero-order chi connectivity index (χ0) is 10.6. The van der Waals surface area contributed by atoms with Crippen molar-refractivity contribution in [3.8, 4) is 0 Å². The maximum Gasteiger partial charge on any atom is 0.307 e. The van der Waals surface area contributed by atoms with Crippen molar-refractivity contribution in [2.45, 2.75) is 19.9 Å². The Morgan fingerprint density at radius 1 is 1.38 bits per heavy atom. The molecule has 0 spiro atoms. The second-order valence-corrected chi connectivity index (χ2v) is 4.39. The van der Waals surface area contributed by atoms with Gasteiger partial charge in [-0.2, -0.15) is 13.1 Å². The second kappa shape index (κ2) is 4.54. The maximum absolute atomic E-state index is 10.9. The van der Waals surface area contributed by atoms with Gasteiger partial charge in [-0.25, -0.2) is 4.72 Å². The standard InChI is InChI=1S/C6H14N2O4S/c1-4(6(9)10)5(2)8-13(11,12)7-3/h4-5,7-8H,1-3H3,(H,9,10). The van der Waals surface area contributed by atoms with Crippen molar-refractivity contribution >= 4 is 16.2 Å². The molecule has 2 unspecified atom stereocenters.